The predicted octanol–water partition coefficient (Wildman–Crippen LogP) is 3.10. The van der Waals surface area contributed by atoms with E-state index >= 15 is 0 Å². The van der Waals surface area contributed by atoms with Crippen LogP contribution in [0.5, 0.6) is 0 Å². The van der Waals surface area contributed by atoms with Crippen LogP contribution < -0.4 is 5.32 Å². The summed E-state index contributed by atoms with van der Waals surface area (Å²) in [5.41, 5.74) is 2.08. The van der Waals surface area contributed by atoms with Crippen LogP contribution >= 0.6 is 0 Å². The Morgan fingerprint density at radius 1 is 1.04 bits per heavy atom. The molecule has 2 unspecified atom stereocenters. The lowest BCUT2D eigenvalue weighted by atomic mass is 10.2. The lowest BCUT2D eigenvalue weighted by molar-refractivity contribution is -0.133. The van der Waals surface area contributed by atoms with E-state index in [1.54, 1.807) is 43.1 Å². The Bertz CT molecular complexity index is 849. The topological polar surface area (TPSA) is 75.7 Å². The first-order chi connectivity index (χ1) is 13.5. The summed E-state index contributed by atoms with van der Waals surface area (Å²) in [7, 11) is 1.76. The van der Waals surface area contributed by atoms with Crippen LogP contribution in [0, 0.1) is 11.8 Å². The molecule has 146 valence electrons. The van der Waals surface area contributed by atoms with Crippen LogP contribution in [0.25, 0.3) is 0 Å². The van der Waals surface area contributed by atoms with Gasteiger partial charge in [0.05, 0.1) is 24.0 Å². The van der Waals surface area contributed by atoms with E-state index < -0.39 is 5.97 Å². The summed E-state index contributed by atoms with van der Waals surface area (Å²) in [5.74, 6) is -1.16. The molecule has 0 heterocycles. The average molecular weight is 380 g/mol. The molecule has 2 aromatic carbocycles. The summed E-state index contributed by atoms with van der Waals surface area (Å²) in [6.07, 6.45) is 0.560. The summed E-state index contributed by atoms with van der Waals surface area (Å²) in [6.45, 7) is 2.59. The molecule has 28 heavy (non-hydrogen) atoms. The molecule has 2 amide bonds. The number of amides is 2. The van der Waals surface area contributed by atoms with Crippen molar-refractivity contribution in [3.8, 4) is 0 Å². The Balaban J connectivity index is 1.51. The molecule has 1 saturated carbocycles. The summed E-state index contributed by atoms with van der Waals surface area (Å²) < 4.78 is 4.93. The van der Waals surface area contributed by atoms with Crippen molar-refractivity contribution in [3.05, 3.63) is 65.7 Å². The molecule has 1 aliphatic rings. The first kappa shape index (κ1) is 19.6. The molecule has 0 aliphatic heterocycles. The van der Waals surface area contributed by atoms with Crippen molar-refractivity contribution in [3.63, 3.8) is 0 Å². The third-order valence-electron chi connectivity index (χ3n) is 4.75. The van der Waals surface area contributed by atoms with Gasteiger partial charge in [-0.05, 0) is 43.2 Å². The van der Waals surface area contributed by atoms with Crippen LogP contribution in [0.2, 0.25) is 0 Å². The van der Waals surface area contributed by atoms with E-state index in [1.165, 1.54) is 0 Å². The minimum absolute atomic E-state index is 0.0123. The van der Waals surface area contributed by atoms with E-state index in [0.29, 0.717) is 30.8 Å². The number of rotatable bonds is 7. The highest BCUT2D eigenvalue weighted by Gasteiger charge is 2.49. The molecular weight excluding hydrogens is 356 g/mol. The van der Waals surface area contributed by atoms with Crippen LogP contribution in [0.1, 0.15) is 29.3 Å². The summed E-state index contributed by atoms with van der Waals surface area (Å²) in [5, 5.41) is 2.81. The molecule has 6 heteroatoms. The quantitative estimate of drug-likeness (QED) is 0.749. The fraction of sp³-hybridized carbons (Fsp3) is 0.318. The monoisotopic (exact) mass is 380 g/mol. The SMILES string of the molecule is CCOC(=O)c1ccc(NC(=O)C2CC2C(=O)N(C)Cc2ccccc2)cc1. The summed E-state index contributed by atoms with van der Waals surface area (Å²) >= 11 is 0. The van der Waals surface area contributed by atoms with Gasteiger partial charge in [-0.2, -0.15) is 0 Å². The molecule has 2 aromatic rings. The highest BCUT2D eigenvalue weighted by molar-refractivity contribution is 5.99. The highest BCUT2D eigenvalue weighted by atomic mass is 16.5. The highest BCUT2D eigenvalue weighted by Crippen LogP contribution is 2.40. The van der Waals surface area contributed by atoms with Crippen LogP contribution in [0.3, 0.4) is 0 Å². The minimum Gasteiger partial charge on any atom is -0.462 e. The summed E-state index contributed by atoms with van der Waals surface area (Å²) in [4.78, 5) is 38.3. The largest absolute Gasteiger partial charge is 0.462 e. The van der Waals surface area contributed by atoms with Gasteiger partial charge >= 0.3 is 5.97 Å². The lowest BCUT2D eigenvalue weighted by Crippen LogP contribution is -2.29. The number of benzene rings is 2. The molecule has 3 rings (SSSR count). The predicted molar refractivity (Wildman–Crippen MR) is 106 cm³/mol. The maximum Gasteiger partial charge on any atom is 0.338 e. The molecule has 1 fully saturated rings. The molecule has 0 spiro atoms. The van der Waals surface area contributed by atoms with E-state index in [2.05, 4.69) is 5.32 Å². The molecule has 2 atom stereocenters. The number of esters is 1. The number of hydrogen-bond acceptors (Lipinski definition) is 4. The first-order valence-electron chi connectivity index (χ1n) is 9.36. The molecule has 0 saturated heterocycles. The van der Waals surface area contributed by atoms with E-state index in [0.717, 1.165) is 5.56 Å². The normalized spacial score (nSPS) is 17.5. The van der Waals surface area contributed by atoms with Gasteiger partial charge in [0.15, 0.2) is 0 Å². The summed E-state index contributed by atoms with van der Waals surface area (Å²) in [6, 6.07) is 16.3. The zero-order valence-corrected chi connectivity index (χ0v) is 16.1. The number of nitrogens with zero attached hydrogens (tertiary/aromatic N) is 1. The van der Waals surface area contributed by atoms with Gasteiger partial charge in [0, 0.05) is 19.3 Å². The van der Waals surface area contributed by atoms with Gasteiger partial charge in [-0.3, -0.25) is 9.59 Å². The van der Waals surface area contributed by atoms with Crippen molar-refractivity contribution < 1.29 is 19.1 Å². The van der Waals surface area contributed by atoms with Gasteiger partial charge in [-0.15, -0.1) is 0 Å². The van der Waals surface area contributed by atoms with Gasteiger partial charge in [-0.25, -0.2) is 4.79 Å². The van der Waals surface area contributed by atoms with E-state index in [4.69, 9.17) is 4.74 Å². The second-order valence-corrected chi connectivity index (χ2v) is 6.92. The molecule has 6 nitrogen and oxygen atoms in total. The van der Waals surface area contributed by atoms with E-state index in [-0.39, 0.29) is 23.7 Å². The average Bonchev–Trinajstić information content (AvgIpc) is 3.50. The standard InChI is InChI=1S/C22H24N2O4/c1-3-28-22(27)16-9-11-17(12-10-16)23-20(25)18-13-19(18)21(26)24(2)14-15-7-5-4-6-8-15/h4-12,18-19H,3,13-14H2,1-2H3,(H,23,25). The zero-order valence-electron chi connectivity index (χ0n) is 16.1. The molecule has 0 aromatic heterocycles. The van der Waals surface area contributed by atoms with Crippen LogP contribution in [-0.4, -0.2) is 36.3 Å². The van der Waals surface area contributed by atoms with Crippen LogP contribution in [-0.2, 0) is 20.9 Å². The number of anilines is 1. The van der Waals surface area contributed by atoms with Gasteiger partial charge in [0.2, 0.25) is 11.8 Å². The minimum atomic E-state index is -0.394. The number of carbonyl (C=O) groups excluding carboxylic acids is 3. The van der Waals surface area contributed by atoms with Gasteiger partial charge in [0.25, 0.3) is 0 Å². The molecule has 1 N–H and O–H groups in total. The van der Waals surface area contributed by atoms with Crippen molar-refractivity contribution >= 4 is 23.5 Å². The fourth-order valence-electron chi connectivity index (χ4n) is 3.11. The van der Waals surface area contributed by atoms with Crippen LogP contribution in [0.15, 0.2) is 54.6 Å². The van der Waals surface area contributed by atoms with E-state index in [1.807, 2.05) is 30.3 Å². The van der Waals surface area contributed by atoms with Gasteiger partial charge in [0.1, 0.15) is 0 Å². The Kier molecular flexibility index (Phi) is 6.09. The molecule has 0 radical (unpaired) electrons. The molecule has 1 aliphatic carbocycles. The maximum absolute atomic E-state index is 12.6. The fourth-order valence-corrected chi connectivity index (χ4v) is 3.11. The van der Waals surface area contributed by atoms with Crippen molar-refractivity contribution in [2.24, 2.45) is 11.8 Å². The molecular formula is C22H24N2O4. The Labute approximate surface area is 164 Å². The van der Waals surface area contributed by atoms with Crippen molar-refractivity contribution in [2.45, 2.75) is 19.9 Å². The smallest absolute Gasteiger partial charge is 0.338 e. The number of nitrogens with one attached hydrogen (secondary N) is 1. The van der Waals surface area contributed by atoms with Gasteiger partial charge in [-0.1, -0.05) is 30.3 Å². The third kappa shape index (κ3) is 4.76. The first-order valence-corrected chi connectivity index (χ1v) is 9.36. The third-order valence-corrected chi connectivity index (χ3v) is 4.75. The lowest BCUT2D eigenvalue weighted by Gasteiger charge is -2.17. The van der Waals surface area contributed by atoms with E-state index in [9.17, 15) is 14.4 Å². The van der Waals surface area contributed by atoms with Crippen molar-refractivity contribution in [2.75, 3.05) is 19.0 Å². The Morgan fingerprint density at radius 3 is 2.36 bits per heavy atom. The second kappa shape index (κ2) is 8.69. The van der Waals surface area contributed by atoms with Crippen molar-refractivity contribution in [1.29, 1.82) is 0 Å². The van der Waals surface area contributed by atoms with Gasteiger partial charge < -0.3 is 15.0 Å². The number of ether oxygens (including phenoxy) is 1. The van der Waals surface area contributed by atoms with Crippen molar-refractivity contribution in [1.82, 2.24) is 4.90 Å². The molecule has 0 bridgehead atoms. The Hall–Kier alpha value is -3.15. The van der Waals surface area contributed by atoms with Crippen LogP contribution in [0.4, 0.5) is 5.69 Å². The Morgan fingerprint density at radius 2 is 1.71 bits per heavy atom. The zero-order chi connectivity index (χ0) is 20.1. The number of carbonyl (C=O) groups is 3. The second-order valence-electron chi connectivity index (χ2n) is 6.92. The number of hydrogen-bond donors (Lipinski definition) is 1. The maximum atomic E-state index is 12.6.